The highest BCUT2D eigenvalue weighted by atomic mass is 14.7. The van der Waals surface area contributed by atoms with Gasteiger partial charge in [-0.2, -0.15) is 0 Å². The summed E-state index contributed by atoms with van der Waals surface area (Å²) in [6.45, 7) is 4.47. The molecular weight excluding hydrogens is 340 g/mol. The molecule has 28 heavy (non-hydrogen) atoms. The zero-order valence-corrected chi connectivity index (χ0v) is 17.2. The zero-order chi connectivity index (χ0) is 19.3. The monoisotopic (exact) mass is 372 g/mol. The van der Waals surface area contributed by atoms with E-state index in [-0.39, 0.29) is 0 Å². The van der Waals surface area contributed by atoms with Gasteiger partial charge in [0.15, 0.2) is 0 Å². The third kappa shape index (κ3) is 3.87. The van der Waals surface area contributed by atoms with Crippen molar-refractivity contribution in [3.63, 3.8) is 0 Å². The summed E-state index contributed by atoms with van der Waals surface area (Å²) in [5.41, 5.74) is 6.68. The molecule has 1 unspecified atom stereocenters. The van der Waals surface area contributed by atoms with Gasteiger partial charge in [0, 0.05) is 40.1 Å². The molecular formula is C26H32N2. The molecule has 0 saturated heterocycles. The summed E-state index contributed by atoms with van der Waals surface area (Å²) in [5.74, 6) is 0.429. The van der Waals surface area contributed by atoms with E-state index in [1.807, 2.05) is 0 Å². The normalized spacial score (nSPS) is 12.8. The number of rotatable bonds is 9. The maximum absolute atomic E-state index is 3.51. The average Bonchev–Trinajstić information content (AvgIpc) is 3.32. The Hall–Kier alpha value is -2.48. The van der Waals surface area contributed by atoms with E-state index in [9.17, 15) is 0 Å². The Morgan fingerprint density at radius 3 is 2.25 bits per heavy atom. The van der Waals surface area contributed by atoms with Gasteiger partial charge in [-0.15, -0.1) is 0 Å². The Labute approximate surface area is 168 Å². The van der Waals surface area contributed by atoms with Crippen LogP contribution in [0.25, 0.3) is 21.8 Å². The van der Waals surface area contributed by atoms with Crippen molar-refractivity contribution in [2.75, 3.05) is 0 Å². The number of benzene rings is 2. The number of fused-ring (bicyclic) bond motifs is 2. The minimum absolute atomic E-state index is 0.429. The van der Waals surface area contributed by atoms with Gasteiger partial charge in [0.05, 0.1) is 0 Å². The number of H-pyrrole nitrogens is 2. The van der Waals surface area contributed by atoms with Crippen molar-refractivity contribution < 1.29 is 0 Å². The second-order valence-electron chi connectivity index (χ2n) is 8.19. The third-order valence-electron chi connectivity index (χ3n) is 6.09. The molecule has 146 valence electrons. The Morgan fingerprint density at radius 2 is 1.43 bits per heavy atom. The third-order valence-corrected chi connectivity index (χ3v) is 6.09. The number of hydrogen-bond acceptors (Lipinski definition) is 0. The van der Waals surface area contributed by atoms with Gasteiger partial charge in [-0.25, -0.2) is 0 Å². The van der Waals surface area contributed by atoms with E-state index in [2.05, 4.69) is 78.7 Å². The smallest absolute Gasteiger partial charge is 0.0457 e. The van der Waals surface area contributed by atoms with Crippen LogP contribution in [-0.4, -0.2) is 9.97 Å². The number of nitrogens with one attached hydrogen (secondary N) is 2. The SMILES string of the molecule is CCCCCCCCC(c1c[nH]c2ccccc12)c1c[nH]c2ccc(C)cc12. The fraction of sp³-hybridized carbons (Fsp3) is 0.385. The Balaban J connectivity index is 1.66. The predicted octanol–water partition coefficient (Wildman–Crippen LogP) is 7.84. The molecule has 2 heteroatoms. The average molecular weight is 373 g/mol. The summed E-state index contributed by atoms with van der Waals surface area (Å²) >= 11 is 0. The van der Waals surface area contributed by atoms with Gasteiger partial charge < -0.3 is 9.97 Å². The summed E-state index contributed by atoms with van der Waals surface area (Å²) < 4.78 is 0. The van der Waals surface area contributed by atoms with Crippen LogP contribution in [0, 0.1) is 6.92 Å². The van der Waals surface area contributed by atoms with Gasteiger partial charge in [-0.3, -0.25) is 0 Å². The van der Waals surface area contributed by atoms with Crippen LogP contribution in [0.15, 0.2) is 54.9 Å². The summed E-state index contributed by atoms with van der Waals surface area (Å²) in [6.07, 6.45) is 13.7. The van der Waals surface area contributed by atoms with Gasteiger partial charge in [-0.05, 0) is 42.7 Å². The van der Waals surface area contributed by atoms with Crippen molar-refractivity contribution in [2.45, 2.75) is 64.7 Å². The highest BCUT2D eigenvalue weighted by Crippen LogP contribution is 2.38. The Bertz CT molecular complexity index is 1040. The van der Waals surface area contributed by atoms with E-state index in [0.29, 0.717) is 5.92 Å². The van der Waals surface area contributed by atoms with Crippen molar-refractivity contribution >= 4 is 21.8 Å². The number of aromatic amines is 2. The second kappa shape index (κ2) is 8.68. The zero-order valence-electron chi connectivity index (χ0n) is 17.2. The maximum Gasteiger partial charge on any atom is 0.0457 e. The standard InChI is InChI=1S/C26H32N2/c1-3-4-5-6-7-8-11-20(23-17-27-25-13-10-9-12-21(23)25)24-18-28-26-15-14-19(2)16-22(24)26/h9-10,12-18,20,27-28H,3-8,11H2,1-2H3. The molecule has 0 saturated carbocycles. The van der Waals surface area contributed by atoms with Gasteiger partial charge >= 0.3 is 0 Å². The molecule has 0 amide bonds. The van der Waals surface area contributed by atoms with Crippen molar-refractivity contribution in [1.29, 1.82) is 0 Å². The van der Waals surface area contributed by atoms with Crippen molar-refractivity contribution in [3.8, 4) is 0 Å². The molecule has 0 aliphatic rings. The molecule has 0 bridgehead atoms. The summed E-state index contributed by atoms with van der Waals surface area (Å²) in [7, 11) is 0. The number of unbranched alkanes of at least 4 members (excludes halogenated alkanes) is 5. The first-order chi connectivity index (χ1) is 13.8. The Kier molecular flexibility index (Phi) is 5.85. The van der Waals surface area contributed by atoms with E-state index in [4.69, 9.17) is 0 Å². The van der Waals surface area contributed by atoms with Crippen LogP contribution in [0.5, 0.6) is 0 Å². The first-order valence-corrected chi connectivity index (χ1v) is 10.9. The summed E-state index contributed by atoms with van der Waals surface area (Å²) in [6, 6.07) is 15.4. The van der Waals surface area contributed by atoms with Crippen molar-refractivity contribution in [2.24, 2.45) is 0 Å². The van der Waals surface area contributed by atoms with Gasteiger partial charge in [0.2, 0.25) is 0 Å². The lowest BCUT2D eigenvalue weighted by Crippen LogP contribution is -2.00. The van der Waals surface area contributed by atoms with Gasteiger partial charge in [-0.1, -0.05) is 75.3 Å². The van der Waals surface area contributed by atoms with E-state index < -0.39 is 0 Å². The second-order valence-corrected chi connectivity index (χ2v) is 8.19. The largest absolute Gasteiger partial charge is 0.361 e. The van der Waals surface area contributed by atoms with Crippen LogP contribution in [-0.2, 0) is 0 Å². The molecule has 2 N–H and O–H groups in total. The van der Waals surface area contributed by atoms with E-state index in [0.717, 1.165) is 0 Å². The molecule has 2 aromatic heterocycles. The molecule has 1 atom stereocenters. The number of hydrogen-bond donors (Lipinski definition) is 2. The molecule has 2 nitrogen and oxygen atoms in total. The highest BCUT2D eigenvalue weighted by molar-refractivity contribution is 5.88. The van der Waals surface area contributed by atoms with Crippen LogP contribution in [0.2, 0.25) is 0 Å². The van der Waals surface area contributed by atoms with E-state index >= 15 is 0 Å². The predicted molar refractivity (Wildman–Crippen MR) is 121 cm³/mol. The van der Waals surface area contributed by atoms with E-state index in [1.54, 1.807) is 0 Å². The van der Waals surface area contributed by atoms with Crippen LogP contribution in [0.1, 0.15) is 74.5 Å². The Morgan fingerprint density at radius 1 is 0.750 bits per heavy atom. The summed E-state index contributed by atoms with van der Waals surface area (Å²) in [4.78, 5) is 7.01. The van der Waals surface area contributed by atoms with Crippen molar-refractivity contribution in [3.05, 3.63) is 71.5 Å². The lowest BCUT2D eigenvalue weighted by molar-refractivity contribution is 0.570. The first kappa shape index (κ1) is 18.9. The quantitative estimate of drug-likeness (QED) is 0.280. The molecule has 0 radical (unpaired) electrons. The molecule has 0 fully saturated rings. The summed E-state index contributed by atoms with van der Waals surface area (Å²) in [5, 5.41) is 2.74. The number of aromatic nitrogens is 2. The lowest BCUT2D eigenvalue weighted by atomic mass is 9.86. The fourth-order valence-corrected chi connectivity index (χ4v) is 4.53. The number of aryl methyl sites for hydroxylation is 1. The number of para-hydroxylation sites is 1. The molecule has 4 rings (SSSR count). The van der Waals surface area contributed by atoms with Crippen LogP contribution < -0.4 is 0 Å². The highest BCUT2D eigenvalue weighted by Gasteiger charge is 2.21. The van der Waals surface area contributed by atoms with Crippen molar-refractivity contribution in [1.82, 2.24) is 9.97 Å². The topological polar surface area (TPSA) is 31.6 Å². The molecule has 0 aliphatic carbocycles. The molecule has 2 heterocycles. The van der Waals surface area contributed by atoms with Gasteiger partial charge in [0.25, 0.3) is 0 Å². The minimum atomic E-state index is 0.429. The minimum Gasteiger partial charge on any atom is -0.361 e. The van der Waals surface area contributed by atoms with E-state index in [1.165, 1.54) is 83.4 Å². The molecule has 0 spiro atoms. The van der Waals surface area contributed by atoms with Crippen LogP contribution >= 0.6 is 0 Å². The van der Waals surface area contributed by atoms with Crippen LogP contribution in [0.3, 0.4) is 0 Å². The first-order valence-electron chi connectivity index (χ1n) is 10.9. The molecule has 0 aliphatic heterocycles. The fourth-order valence-electron chi connectivity index (χ4n) is 4.53. The van der Waals surface area contributed by atoms with Gasteiger partial charge in [0.1, 0.15) is 0 Å². The lowest BCUT2D eigenvalue weighted by Gasteiger charge is -2.17. The maximum atomic E-state index is 3.51. The molecule has 2 aromatic carbocycles. The molecule has 4 aromatic rings. The van der Waals surface area contributed by atoms with Crippen LogP contribution in [0.4, 0.5) is 0 Å².